The Morgan fingerprint density at radius 2 is 1.96 bits per heavy atom. The Bertz CT molecular complexity index is 1020. The van der Waals surface area contributed by atoms with Crippen molar-refractivity contribution < 1.29 is 0 Å². The predicted molar refractivity (Wildman–Crippen MR) is 120 cm³/mol. The maximum Gasteiger partial charge on any atom is 0.143 e. The molecule has 0 bridgehead atoms. The molecular formula is C21H18Cl2N4S. The highest BCUT2D eigenvalue weighted by Gasteiger charge is 2.29. The molecule has 3 aromatic rings. The summed E-state index contributed by atoms with van der Waals surface area (Å²) in [5, 5.41) is 2.85. The molecule has 1 aliphatic rings. The van der Waals surface area contributed by atoms with Crippen LogP contribution in [0.4, 0.5) is 5.69 Å². The number of hydrogen-bond acceptors (Lipinski definition) is 4. The van der Waals surface area contributed by atoms with Crippen LogP contribution < -0.4 is 4.90 Å². The van der Waals surface area contributed by atoms with Crippen molar-refractivity contribution >= 4 is 52.3 Å². The fraction of sp³-hybridized carbons (Fsp3) is 0.190. The summed E-state index contributed by atoms with van der Waals surface area (Å²) in [5.41, 5.74) is 2.10. The highest BCUT2D eigenvalue weighted by Crippen LogP contribution is 2.34. The molecule has 142 valence electrons. The highest BCUT2D eigenvalue weighted by atomic mass is 35.5. The van der Waals surface area contributed by atoms with Gasteiger partial charge in [0, 0.05) is 35.9 Å². The number of thiocarbonyl (C=S) groups is 1. The predicted octanol–water partition coefficient (Wildman–Crippen LogP) is 5.24. The van der Waals surface area contributed by atoms with Crippen molar-refractivity contribution in [3.63, 3.8) is 0 Å². The first-order valence-corrected chi connectivity index (χ1v) is 10.2. The largest absolute Gasteiger partial charge is 0.330 e. The van der Waals surface area contributed by atoms with Gasteiger partial charge in [0.25, 0.3) is 0 Å². The summed E-state index contributed by atoms with van der Waals surface area (Å²) in [6.45, 7) is 2.19. The van der Waals surface area contributed by atoms with E-state index in [-0.39, 0.29) is 5.92 Å². The fourth-order valence-corrected chi connectivity index (χ4v) is 4.22. The molecule has 4 rings (SSSR count). The third kappa shape index (κ3) is 3.83. The van der Waals surface area contributed by atoms with Crippen molar-refractivity contribution in [1.82, 2.24) is 9.55 Å². The summed E-state index contributed by atoms with van der Waals surface area (Å²) in [6, 6.07) is 15.9. The van der Waals surface area contributed by atoms with Crippen LogP contribution in [-0.4, -0.2) is 33.8 Å². The SMILES string of the molecule is S=Cc1nccn1CC(C1=NCCN1c1ccc(Cl)cc1Cl)c1ccccc1. The molecule has 0 aliphatic carbocycles. The second-order valence-electron chi connectivity index (χ2n) is 6.51. The highest BCUT2D eigenvalue weighted by molar-refractivity contribution is 7.79. The Balaban J connectivity index is 1.74. The molecule has 0 N–H and O–H groups in total. The Labute approximate surface area is 179 Å². The molecule has 0 saturated heterocycles. The maximum atomic E-state index is 6.50. The average molecular weight is 429 g/mol. The van der Waals surface area contributed by atoms with E-state index in [1.807, 2.05) is 36.5 Å². The first-order valence-electron chi connectivity index (χ1n) is 8.95. The van der Waals surface area contributed by atoms with Crippen LogP contribution >= 0.6 is 35.4 Å². The molecule has 2 aromatic carbocycles. The zero-order chi connectivity index (χ0) is 19.5. The van der Waals surface area contributed by atoms with Crippen molar-refractivity contribution in [1.29, 1.82) is 0 Å². The van der Waals surface area contributed by atoms with E-state index in [4.69, 9.17) is 40.4 Å². The van der Waals surface area contributed by atoms with Gasteiger partial charge >= 0.3 is 0 Å². The number of imidazole rings is 1. The van der Waals surface area contributed by atoms with Crippen molar-refractivity contribution in [3.05, 3.63) is 82.4 Å². The van der Waals surface area contributed by atoms with Crippen molar-refractivity contribution in [2.45, 2.75) is 12.5 Å². The maximum absolute atomic E-state index is 6.50. The summed E-state index contributed by atoms with van der Waals surface area (Å²) in [5.74, 6) is 1.79. The second kappa shape index (κ2) is 8.43. The lowest BCUT2D eigenvalue weighted by Gasteiger charge is -2.28. The van der Waals surface area contributed by atoms with E-state index < -0.39 is 0 Å². The van der Waals surface area contributed by atoms with E-state index in [0.717, 1.165) is 30.4 Å². The van der Waals surface area contributed by atoms with Gasteiger partial charge in [-0.2, -0.15) is 0 Å². The third-order valence-corrected chi connectivity index (χ3v) is 5.57. The molecule has 4 nitrogen and oxygen atoms in total. The molecule has 7 heteroatoms. The number of halogens is 2. The van der Waals surface area contributed by atoms with Gasteiger partial charge in [-0.15, -0.1) is 0 Å². The van der Waals surface area contributed by atoms with Gasteiger partial charge in [0.2, 0.25) is 0 Å². The van der Waals surface area contributed by atoms with Gasteiger partial charge in [-0.05, 0) is 23.8 Å². The molecular weight excluding hydrogens is 411 g/mol. The van der Waals surface area contributed by atoms with Crippen molar-refractivity contribution in [3.8, 4) is 0 Å². The van der Waals surface area contributed by atoms with Gasteiger partial charge in [0.05, 0.1) is 23.2 Å². The first-order chi connectivity index (χ1) is 13.7. The zero-order valence-corrected chi connectivity index (χ0v) is 17.3. The first kappa shape index (κ1) is 19.1. The molecule has 28 heavy (non-hydrogen) atoms. The summed E-state index contributed by atoms with van der Waals surface area (Å²) in [6.07, 6.45) is 3.72. The molecule has 1 unspecified atom stereocenters. The number of nitrogens with zero attached hydrogens (tertiary/aromatic N) is 4. The molecule has 0 spiro atoms. The molecule has 1 aliphatic heterocycles. The van der Waals surface area contributed by atoms with E-state index >= 15 is 0 Å². The number of benzene rings is 2. The van der Waals surface area contributed by atoms with E-state index in [2.05, 4.69) is 26.6 Å². The van der Waals surface area contributed by atoms with Crippen molar-refractivity contribution in [2.24, 2.45) is 4.99 Å². The van der Waals surface area contributed by atoms with Gasteiger partial charge in [0.15, 0.2) is 0 Å². The van der Waals surface area contributed by atoms with Crippen LogP contribution in [0.2, 0.25) is 10.0 Å². The Morgan fingerprint density at radius 1 is 1.14 bits per heavy atom. The van der Waals surface area contributed by atoms with Crippen LogP contribution in [0.15, 0.2) is 65.9 Å². The third-order valence-electron chi connectivity index (χ3n) is 4.82. The lowest BCUT2D eigenvalue weighted by molar-refractivity contribution is 0.651. The molecule has 2 heterocycles. The van der Waals surface area contributed by atoms with Crippen LogP contribution in [0.5, 0.6) is 0 Å². The number of aliphatic imine (C=N–C) groups is 1. The van der Waals surface area contributed by atoms with Crippen molar-refractivity contribution in [2.75, 3.05) is 18.0 Å². The molecule has 0 fully saturated rings. The average Bonchev–Trinajstić information content (AvgIpc) is 3.36. The normalized spacial score (nSPS) is 14.8. The van der Waals surface area contributed by atoms with Gasteiger partial charge in [-0.3, -0.25) is 4.99 Å². The standard InChI is InChI=1S/C21H18Cl2N4S/c22-16-6-7-19(18(23)12-16)27-11-9-25-21(27)17(15-4-2-1-3-5-15)13-26-10-8-24-20(26)14-28/h1-8,10,12,14,17H,9,11,13H2. The molecule has 0 radical (unpaired) electrons. The minimum atomic E-state index is 0.0401. The number of aromatic nitrogens is 2. The van der Waals surface area contributed by atoms with Crippen LogP contribution in [-0.2, 0) is 6.54 Å². The minimum absolute atomic E-state index is 0.0401. The quantitative estimate of drug-likeness (QED) is 0.503. The van der Waals surface area contributed by atoms with E-state index in [1.165, 1.54) is 5.56 Å². The molecule has 0 amide bonds. The minimum Gasteiger partial charge on any atom is -0.330 e. The smallest absolute Gasteiger partial charge is 0.143 e. The molecule has 0 saturated carbocycles. The van der Waals surface area contributed by atoms with Crippen LogP contribution in [0.25, 0.3) is 0 Å². The van der Waals surface area contributed by atoms with Crippen LogP contribution in [0.3, 0.4) is 0 Å². The fourth-order valence-electron chi connectivity index (χ4n) is 3.52. The Morgan fingerprint density at radius 3 is 2.71 bits per heavy atom. The monoisotopic (exact) mass is 428 g/mol. The number of hydrogen-bond donors (Lipinski definition) is 0. The van der Waals surface area contributed by atoms with Gasteiger partial charge in [-0.1, -0.05) is 65.8 Å². The number of anilines is 1. The van der Waals surface area contributed by atoms with E-state index in [0.29, 0.717) is 16.6 Å². The second-order valence-corrected chi connectivity index (χ2v) is 7.59. The lowest BCUT2D eigenvalue weighted by Crippen LogP contribution is -2.34. The van der Waals surface area contributed by atoms with Gasteiger partial charge < -0.3 is 9.47 Å². The molecule has 1 atom stereocenters. The van der Waals surface area contributed by atoms with E-state index in [1.54, 1.807) is 17.6 Å². The van der Waals surface area contributed by atoms with E-state index in [9.17, 15) is 0 Å². The molecule has 1 aromatic heterocycles. The number of rotatable bonds is 6. The van der Waals surface area contributed by atoms with Gasteiger partial charge in [0.1, 0.15) is 11.7 Å². The lowest BCUT2D eigenvalue weighted by atomic mass is 9.96. The summed E-state index contributed by atoms with van der Waals surface area (Å²) < 4.78 is 2.06. The van der Waals surface area contributed by atoms with Crippen LogP contribution in [0, 0.1) is 0 Å². The summed E-state index contributed by atoms with van der Waals surface area (Å²) in [7, 11) is 0. The van der Waals surface area contributed by atoms with Gasteiger partial charge in [-0.25, -0.2) is 4.98 Å². The Hall–Kier alpha value is -2.21. The summed E-state index contributed by atoms with van der Waals surface area (Å²) in [4.78, 5) is 11.4. The van der Waals surface area contributed by atoms with Crippen LogP contribution in [0.1, 0.15) is 17.3 Å². The Kier molecular flexibility index (Phi) is 5.76. The number of amidine groups is 1. The zero-order valence-electron chi connectivity index (χ0n) is 15.0. The topological polar surface area (TPSA) is 33.4 Å². The summed E-state index contributed by atoms with van der Waals surface area (Å²) >= 11 is 17.7.